The first-order valence-electron chi connectivity index (χ1n) is 5.91. The van der Waals surface area contributed by atoms with E-state index in [4.69, 9.17) is 0 Å². The van der Waals surface area contributed by atoms with Crippen LogP contribution >= 0.6 is 11.3 Å². The number of hydrogen-bond acceptors (Lipinski definition) is 3. The summed E-state index contributed by atoms with van der Waals surface area (Å²) in [5, 5.41) is 2.82. The van der Waals surface area contributed by atoms with Crippen LogP contribution in [0, 0.1) is 0 Å². The van der Waals surface area contributed by atoms with E-state index < -0.39 is 10.2 Å². The average molecular weight is 282 g/mol. The van der Waals surface area contributed by atoms with Crippen LogP contribution in [-0.2, 0) is 10.2 Å². The van der Waals surface area contributed by atoms with Gasteiger partial charge in [0.1, 0.15) is 0 Å². The molecule has 1 aromatic carbocycles. The van der Waals surface area contributed by atoms with Gasteiger partial charge in [-0.25, -0.2) is 0 Å². The van der Waals surface area contributed by atoms with Crippen LogP contribution in [0.3, 0.4) is 0 Å². The standard InChI is InChI=1S/C12H14N2O2S2/c15-18(16,14-7-3-4-8-14)13-11-9-17-12-6-2-1-5-10(11)12/h1-2,5-6,9,13H,3-4,7-8H2. The topological polar surface area (TPSA) is 49.4 Å². The second-order valence-corrected chi connectivity index (χ2v) is 6.94. The van der Waals surface area contributed by atoms with Crippen molar-refractivity contribution in [2.24, 2.45) is 0 Å². The molecule has 1 aliphatic heterocycles. The van der Waals surface area contributed by atoms with Gasteiger partial charge in [-0.05, 0) is 18.9 Å². The maximum atomic E-state index is 12.2. The molecule has 6 heteroatoms. The fraction of sp³-hybridized carbons (Fsp3) is 0.333. The Hall–Kier alpha value is -1.11. The van der Waals surface area contributed by atoms with Gasteiger partial charge < -0.3 is 0 Å². The van der Waals surface area contributed by atoms with Gasteiger partial charge in [0.25, 0.3) is 0 Å². The zero-order valence-corrected chi connectivity index (χ0v) is 11.4. The largest absolute Gasteiger partial charge is 0.301 e. The molecule has 3 rings (SSSR count). The van der Waals surface area contributed by atoms with Crippen LogP contribution in [0.2, 0.25) is 0 Å². The molecule has 4 nitrogen and oxygen atoms in total. The van der Waals surface area contributed by atoms with E-state index >= 15 is 0 Å². The lowest BCUT2D eigenvalue weighted by atomic mass is 10.2. The number of rotatable bonds is 3. The predicted octanol–water partition coefficient (Wildman–Crippen LogP) is 2.65. The van der Waals surface area contributed by atoms with Crippen LogP contribution in [0.15, 0.2) is 29.6 Å². The second kappa shape index (κ2) is 4.53. The first-order valence-corrected chi connectivity index (χ1v) is 8.23. The van der Waals surface area contributed by atoms with E-state index in [1.54, 1.807) is 11.3 Å². The van der Waals surface area contributed by atoms with E-state index in [9.17, 15) is 8.42 Å². The van der Waals surface area contributed by atoms with Gasteiger partial charge in [0.2, 0.25) is 0 Å². The van der Waals surface area contributed by atoms with Crippen molar-refractivity contribution in [2.45, 2.75) is 12.8 Å². The molecule has 1 N–H and O–H groups in total. The molecule has 1 saturated heterocycles. The summed E-state index contributed by atoms with van der Waals surface area (Å²) in [7, 11) is -3.38. The molecule has 18 heavy (non-hydrogen) atoms. The molecule has 0 spiro atoms. The van der Waals surface area contributed by atoms with Gasteiger partial charge in [-0.2, -0.15) is 12.7 Å². The van der Waals surface area contributed by atoms with Crippen LogP contribution in [0.1, 0.15) is 12.8 Å². The number of thiophene rings is 1. The number of hydrogen-bond donors (Lipinski definition) is 1. The van der Waals surface area contributed by atoms with E-state index in [0.29, 0.717) is 18.8 Å². The zero-order chi connectivity index (χ0) is 12.6. The minimum Gasteiger partial charge on any atom is -0.269 e. The lowest BCUT2D eigenvalue weighted by Gasteiger charge is -2.16. The van der Waals surface area contributed by atoms with Crippen LogP contribution in [0.25, 0.3) is 10.1 Å². The fourth-order valence-corrected chi connectivity index (χ4v) is 4.47. The van der Waals surface area contributed by atoms with Crippen molar-refractivity contribution in [3.05, 3.63) is 29.6 Å². The molecule has 0 unspecified atom stereocenters. The van der Waals surface area contributed by atoms with Gasteiger partial charge in [0.15, 0.2) is 0 Å². The zero-order valence-electron chi connectivity index (χ0n) is 9.80. The summed E-state index contributed by atoms with van der Waals surface area (Å²) in [5.74, 6) is 0. The molecule has 2 aromatic rings. The Morgan fingerprint density at radius 2 is 1.89 bits per heavy atom. The maximum Gasteiger partial charge on any atom is 0.301 e. The quantitative estimate of drug-likeness (QED) is 0.941. The van der Waals surface area contributed by atoms with E-state index in [-0.39, 0.29) is 0 Å². The van der Waals surface area contributed by atoms with Crippen LogP contribution < -0.4 is 4.72 Å². The van der Waals surface area contributed by atoms with Crippen molar-refractivity contribution in [3.63, 3.8) is 0 Å². The van der Waals surface area contributed by atoms with Crippen molar-refractivity contribution in [1.29, 1.82) is 0 Å². The highest BCUT2D eigenvalue weighted by atomic mass is 32.2. The van der Waals surface area contributed by atoms with Crippen molar-refractivity contribution >= 4 is 37.3 Å². The number of fused-ring (bicyclic) bond motifs is 1. The van der Waals surface area contributed by atoms with Gasteiger partial charge in [-0.1, -0.05) is 18.2 Å². The van der Waals surface area contributed by atoms with E-state index in [0.717, 1.165) is 22.9 Å². The Labute approximate surface area is 110 Å². The lowest BCUT2D eigenvalue weighted by molar-refractivity contribution is 0.482. The highest BCUT2D eigenvalue weighted by Gasteiger charge is 2.25. The first-order chi connectivity index (χ1) is 8.67. The predicted molar refractivity (Wildman–Crippen MR) is 75.2 cm³/mol. The minimum absolute atomic E-state index is 0.622. The molecule has 1 fully saturated rings. The molecule has 2 heterocycles. The summed E-state index contributed by atoms with van der Waals surface area (Å²) >= 11 is 1.55. The molecule has 0 aliphatic carbocycles. The number of benzene rings is 1. The molecule has 1 aromatic heterocycles. The van der Waals surface area contributed by atoms with E-state index in [1.165, 1.54) is 4.31 Å². The molecular weight excluding hydrogens is 268 g/mol. The third-order valence-corrected chi connectivity index (χ3v) is 5.61. The van der Waals surface area contributed by atoms with Crippen LogP contribution in [-0.4, -0.2) is 25.8 Å². The Kier molecular flexibility index (Phi) is 3.01. The summed E-state index contributed by atoms with van der Waals surface area (Å²) < 4.78 is 29.6. The van der Waals surface area contributed by atoms with Crippen LogP contribution in [0.5, 0.6) is 0 Å². The Morgan fingerprint density at radius 1 is 1.17 bits per heavy atom. The van der Waals surface area contributed by atoms with Crippen molar-refractivity contribution < 1.29 is 8.42 Å². The molecule has 96 valence electrons. The third kappa shape index (κ3) is 2.11. The minimum atomic E-state index is -3.38. The van der Waals surface area contributed by atoms with Gasteiger partial charge in [0.05, 0.1) is 5.69 Å². The molecule has 0 radical (unpaired) electrons. The number of anilines is 1. The first kappa shape index (κ1) is 12.0. The van der Waals surface area contributed by atoms with E-state index in [2.05, 4.69) is 4.72 Å². The summed E-state index contributed by atoms with van der Waals surface area (Å²) in [5.41, 5.74) is 0.683. The molecule has 0 bridgehead atoms. The van der Waals surface area contributed by atoms with Gasteiger partial charge >= 0.3 is 10.2 Å². The second-order valence-electron chi connectivity index (χ2n) is 4.36. The van der Waals surface area contributed by atoms with Gasteiger partial charge in [-0.3, -0.25) is 4.72 Å². The Bertz CT molecular complexity index is 658. The SMILES string of the molecule is O=S(=O)(Nc1csc2ccccc12)N1CCCC1. The normalized spacial score (nSPS) is 17.3. The van der Waals surface area contributed by atoms with Gasteiger partial charge in [0, 0.05) is 28.6 Å². The molecule has 0 atom stereocenters. The van der Waals surface area contributed by atoms with Crippen LogP contribution in [0.4, 0.5) is 5.69 Å². The molecule has 0 amide bonds. The summed E-state index contributed by atoms with van der Waals surface area (Å²) in [6, 6.07) is 7.81. The monoisotopic (exact) mass is 282 g/mol. The van der Waals surface area contributed by atoms with Gasteiger partial charge in [-0.15, -0.1) is 11.3 Å². The third-order valence-electron chi connectivity index (χ3n) is 3.12. The van der Waals surface area contributed by atoms with Crippen molar-refractivity contribution in [1.82, 2.24) is 4.31 Å². The maximum absolute atomic E-state index is 12.2. The Balaban J connectivity index is 1.92. The summed E-state index contributed by atoms with van der Waals surface area (Å²) in [6.07, 6.45) is 1.90. The number of nitrogens with one attached hydrogen (secondary N) is 1. The summed E-state index contributed by atoms with van der Waals surface area (Å²) in [6.45, 7) is 1.24. The van der Waals surface area contributed by atoms with Crippen molar-refractivity contribution in [3.8, 4) is 0 Å². The molecule has 1 aliphatic rings. The average Bonchev–Trinajstić information content (AvgIpc) is 2.99. The fourth-order valence-electron chi connectivity index (χ4n) is 2.19. The number of nitrogens with zero attached hydrogens (tertiary/aromatic N) is 1. The van der Waals surface area contributed by atoms with E-state index in [1.807, 2.05) is 29.6 Å². The Morgan fingerprint density at radius 3 is 2.67 bits per heavy atom. The highest BCUT2D eigenvalue weighted by Crippen LogP contribution is 2.31. The lowest BCUT2D eigenvalue weighted by Crippen LogP contribution is -2.33. The highest BCUT2D eigenvalue weighted by molar-refractivity contribution is 7.90. The smallest absolute Gasteiger partial charge is 0.269 e. The molecule has 0 saturated carbocycles. The molecular formula is C12H14N2O2S2. The summed E-state index contributed by atoms with van der Waals surface area (Å²) in [4.78, 5) is 0. The van der Waals surface area contributed by atoms with Crippen molar-refractivity contribution in [2.75, 3.05) is 17.8 Å².